The van der Waals surface area contributed by atoms with Gasteiger partial charge in [-0.15, -0.1) is 0 Å². The van der Waals surface area contributed by atoms with Crippen molar-refractivity contribution < 1.29 is 17.2 Å². The highest BCUT2D eigenvalue weighted by Gasteiger charge is 2.15. The first-order valence-electron chi connectivity index (χ1n) is 6.52. The van der Waals surface area contributed by atoms with Crippen LogP contribution in [0.2, 0.25) is 0 Å². The summed E-state index contributed by atoms with van der Waals surface area (Å²) < 4.78 is 51.3. The van der Waals surface area contributed by atoms with E-state index in [1.54, 1.807) is 0 Å². The van der Waals surface area contributed by atoms with Gasteiger partial charge in [0.2, 0.25) is 10.0 Å². The van der Waals surface area contributed by atoms with Crippen molar-refractivity contribution >= 4 is 21.7 Å². The molecule has 6 nitrogen and oxygen atoms in total. The molecule has 120 valence electrons. The predicted molar refractivity (Wildman–Crippen MR) is 78.9 cm³/mol. The Morgan fingerprint density at radius 1 is 1.14 bits per heavy atom. The van der Waals surface area contributed by atoms with E-state index in [-0.39, 0.29) is 23.9 Å². The van der Waals surface area contributed by atoms with Crippen LogP contribution in [0, 0.1) is 11.6 Å². The van der Waals surface area contributed by atoms with E-state index in [0.717, 1.165) is 10.7 Å². The Labute approximate surface area is 123 Å². The lowest BCUT2D eigenvalue weighted by Gasteiger charge is -2.13. The molecule has 2 N–H and O–H groups in total. The highest BCUT2D eigenvalue weighted by atomic mass is 32.2. The van der Waals surface area contributed by atoms with Crippen LogP contribution < -0.4 is 10.6 Å². The number of anilines is 2. The van der Waals surface area contributed by atoms with Crippen molar-refractivity contribution in [3.63, 3.8) is 0 Å². The van der Waals surface area contributed by atoms with E-state index < -0.39 is 21.7 Å². The number of sulfonamides is 1. The Bertz CT molecular complexity index is 579. The number of halogens is 2. The molecule has 0 fully saturated rings. The fourth-order valence-electron chi connectivity index (χ4n) is 1.44. The van der Waals surface area contributed by atoms with E-state index in [1.807, 2.05) is 6.92 Å². The zero-order chi connectivity index (χ0) is 16.0. The Morgan fingerprint density at radius 3 is 2.14 bits per heavy atom. The lowest BCUT2D eigenvalue weighted by atomic mass is 10.3. The topological polar surface area (TPSA) is 74.3 Å². The summed E-state index contributed by atoms with van der Waals surface area (Å²) in [5.74, 6) is -2.10. The number of pyridine rings is 1. The third kappa shape index (κ3) is 5.09. The van der Waals surface area contributed by atoms with Crippen LogP contribution in [0.4, 0.5) is 20.4 Å². The maximum absolute atomic E-state index is 13.6. The van der Waals surface area contributed by atoms with Gasteiger partial charge in [-0.1, -0.05) is 6.92 Å². The molecule has 0 aliphatic rings. The molecule has 0 amide bonds. The fourth-order valence-corrected chi connectivity index (χ4v) is 2.16. The van der Waals surface area contributed by atoms with E-state index in [2.05, 4.69) is 15.6 Å². The van der Waals surface area contributed by atoms with Crippen LogP contribution in [0.15, 0.2) is 6.07 Å². The van der Waals surface area contributed by atoms with E-state index >= 15 is 0 Å². The molecule has 1 rings (SSSR count). The second-order valence-corrected chi connectivity index (χ2v) is 6.90. The molecule has 1 heterocycles. The van der Waals surface area contributed by atoms with Gasteiger partial charge < -0.3 is 10.6 Å². The quantitative estimate of drug-likeness (QED) is 0.758. The average molecular weight is 322 g/mol. The molecule has 1 aromatic heterocycles. The van der Waals surface area contributed by atoms with Crippen LogP contribution in [0.25, 0.3) is 0 Å². The first-order valence-corrected chi connectivity index (χ1v) is 8.12. The van der Waals surface area contributed by atoms with E-state index in [4.69, 9.17) is 0 Å². The average Bonchev–Trinajstić information content (AvgIpc) is 2.39. The molecule has 0 aliphatic carbocycles. The zero-order valence-corrected chi connectivity index (χ0v) is 13.1. The number of nitrogens with zero attached hydrogens (tertiary/aromatic N) is 2. The molecule has 0 spiro atoms. The molecule has 1 aromatic rings. The lowest BCUT2D eigenvalue weighted by molar-refractivity contribution is 0.521. The molecule has 0 unspecified atom stereocenters. The van der Waals surface area contributed by atoms with Gasteiger partial charge in [-0.3, -0.25) is 0 Å². The second kappa shape index (κ2) is 7.51. The summed E-state index contributed by atoms with van der Waals surface area (Å²) in [6, 6.07) is 0.716. The van der Waals surface area contributed by atoms with Gasteiger partial charge in [0, 0.05) is 33.3 Å². The zero-order valence-electron chi connectivity index (χ0n) is 12.3. The molecular formula is C12H20F2N4O2S. The minimum Gasteiger partial charge on any atom is -0.368 e. The SMILES string of the molecule is CCCNc1nc(NCCS(=O)(=O)N(C)C)c(F)cc1F. The van der Waals surface area contributed by atoms with Crippen molar-refractivity contribution in [3.05, 3.63) is 17.7 Å². The fraction of sp³-hybridized carbons (Fsp3) is 0.583. The summed E-state index contributed by atoms with van der Waals surface area (Å²) in [6.07, 6.45) is 0.766. The Hall–Kier alpha value is -1.48. The van der Waals surface area contributed by atoms with Crippen molar-refractivity contribution in [1.82, 2.24) is 9.29 Å². The summed E-state index contributed by atoms with van der Waals surface area (Å²) in [5.41, 5.74) is 0. The van der Waals surface area contributed by atoms with Crippen LogP contribution in [0.5, 0.6) is 0 Å². The molecule has 0 aromatic carbocycles. The van der Waals surface area contributed by atoms with Crippen LogP contribution in [0.3, 0.4) is 0 Å². The van der Waals surface area contributed by atoms with Gasteiger partial charge in [-0.25, -0.2) is 26.5 Å². The van der Waals surface area contributed by atoms with Gasteiger partial charge in [0.05, 0.1) is 5.75 Å². The molecule has 9 heteroatoms. The summed E-state index contributed by atoms with van der Waals surface area (Å²) in [5, 5.41) is 5.31. The third-order valence-corrected chi connectivity index (χ3v) is 4.51. The van der Waals surface area contributed by atoms with E-state index in [9.17, 15) is 17.2 Å². The van der Waals surface area contributed by atoms with E-state index in [0.29, 0.717) is 12.6 Å². The Kier molecular flexibility index (Phi) is 6.28. The van der Waals surface area contributed by atoms with Crippen LogP contribution in [-0.4, -0.2) is 50.6 Å². The number of hydrogen-bond donors (Lipinski definition) is 2. The maximum Gasteiger partial charge on any atom is 0.215 e. The molecule has 0 atom stereocenters. The van der Waals surface area contributed by atoms with Gasteiger partial charge in [0.25, 0.3) is 0 Å². The van der Waals surface area contributed by atoms with Crippen LogP contribution in [-0.2, 0) is 10.0 Å². The molecule has 21 heavy (non-hydrogen) atoms. The second-order valence-electron chi connectivity index (χ2n) is 4.60. The van der Waals surface area contributed by atoms with E-state index in [1.165, 1.54) is 14.1 Å². The number of aromatic nitrogens is 1. The number of hydrogen-bond acceptors (Lipinski definition) is 5. The van der Waals surface area contributed by atoms with Crippen LogP contribution in [0.1, 0.15) is 13.3 Å². The first-order chi connectivity index (χ1) is 9.77. The predicted octanol–water partition coefficient (Wildman–Crippen LogP) is 1.49. The van der Waals surface area contributed by atoms with Gasteiger partial charge in [-0.05, 0) is 6.42 Å². The van der Waals surface area contributed by atoms with Gasteiger partial charge in [0.1, 0.15) is 0 Å². The van der Waals surface area contributed by atoms with Crippen molar-refractivity contribution in [3.8, 4) is 0 Å². The van der Waals surface area contributed by atoms with Gasteiger partial charge >= 0.3 is 0 Å². The molecule has 0 bridgehead atoms. The van der Waals surface area contributed by atoms with Crippen molar-refractivity contribution in [2.45, 2.75) is 13.3 Å². The minimum absolute atomic E-state index is 0.0245. The number of rotatable bonds is 8. The summed E-state index contributed by atoms with van der Waals surface area (Å²) in [7, 11) is -0.552. The van der Waals surface area contributed by atoms with Gasteiger partial charge in [-0.2, -0.15) is 0 Å². The van der Waals surface area contributed by atoms with Crippen molar-refractivity contribution in [2.24, 2.45) is 0 Å². The Balaban J connectivity index is 2.75. The third-order valence-electron chi connectivity index (χ3n) is 2.68. The number of nitrogens with one attached hydrogen (secondary N) is 2. The molecule has 0 aliphatic heterocycles. The summed E-state index contributed by atoms with van der Waals surface area (Å²) in [4.78, 5) is 3.79. The first kappa shape index (κ1) is 17.6. The molecule has 0 saturated heterocycles. The highest BCUT2D eigenvalue weighted by molar-refractivity contribution is 7.89. The lowest BCUT2D eigenvalue weighted by Crippen LogP contribution is -2.28. The van der Waals surface area contributed by atoms with Crippen LogP contribution >= 0.6 is 0 Å². The highest BCUT2D eigenvalue weighted by Crippen LogP contribution is 2.18. The minimum atomic E-state index is -3.38. The maximum atomic E-state index is 13.6. The van der Waals surface area contributed by atoms with Crippen molar-refractivity contribution in [1.29, 1.82) is 0 Å². The monoisotopic (exact) mass is 322 g/mol. The Morgan fingerprint density at radius 2 is 1.67 bits per heavy atom. The molecular weight excluding hydrogens is 302 g/mol. The smallest absolute Gasteiger partial charge is 0.215 e. The largest absolute Gasteiger partial charge is 0.368 e. The molecule has 0 radical (unpaired) electrons. The van der Waals surface area contributed by atoms with Gasteiger partial charge in [0.15, 0.2) is 23.3 Å². The standard InChI is InChI=1S/C12H20F2N4O2S/c1-4-5-15-11-9(13)8-10(14)12(17-11)16-6-7-21(19,20)18(2)3/h8H,4-7H2,1-3H3,(H2,15,16,17). The normalized spacial score (nSPS) is 11.7. The summed E-state index contributed by atoms with van der Waals surface area (Å²) >= 11 is 0. The van der Waals surface area contributed by atoms with Crippen molar-refractivity contribution in [2.75, 3.05) is 43.6 Å². The summed E-state index contributed by atoms with van der Waals surface area (Å²) in [6.45, 7) is 2.38. The molecule has 0 saturated carbocycles.